The van der Waals surface area contributed by atoms with Gasteiger partial charge in [-0.05, 0) is 33.6 Å². The molecule has 0 aliphatic carbocycles. The Bertz CT molecular complexity index is 28.1. The summed E-state index contributed by atoms with van der Waals surface area (Å²) in [6.07, 6.45) is 1.39. The molecule has 1 fully saturated rings. The highest BCUT2D eigenvalue weighted by Gasteiger charge is 1.92. The Kier molecular flexibility index (Phi) is 28.5. The molecule has 0 radical (unpaired) electrons. The van der Waals surface area contributed by atoms with Gasteiger partial charge in [-0.2, -0.15) is 0 Å². The molecule has 1 aliphatic heterocycles. The number of hydrogen-bond acceptors (Lipinski definition) is 2. The summed E-state index contributed by atoms with van der Waals surface area (Å²) in [5.74, 6) is 0. The first-order valence-electron chi connectivity index (χ1n) is 2.71. The van der Waals surface area contributed by atoms with Gasteiger partial charge in [-0.25, -0.2) is 0 Å². The Hall–Kier alpha value is 0.500. The Labute approximate surface area is 69.6 Å². The minimum Gasteiger partial charge on any atom is -0.323 e. The van der Waals surface area contributed by atoms with Gasteiger partial charge in [0.2, 0.25) is 0 Å². The average Bonchev–Trinajstić information content (AvgIpc) is 1.27. The van der Waals surface area contributed by atoms with Crippen LogP contribution >= 0.6 is 24.8 Å². The third kappa shape index (κ3) is 17.7. The molecule has 0 atom stereocenters. The highest BCUT2D eigenvalue weighted by atomic mass is 35.5. The van der Waals surface area contributed by atoms with E-state index in [2.05, 4.69) is 10.6 Å². The molecule has 0 aromatic rings. The lowest BCUT2D eigenvalue weighted by Gasteiger charge is -2.09. The summed E-state index contributed by atoms with van der Waals surface area (Å²) in [4.78, 5) is 0. The molecule has 0 unspecified atom stereocenters. The first-order chi connectivity index (χ1) is 3.41. The monoisotopic (exact) mass is 174 g/mol. The van der Waals surface area contributed by atoms with Crippen molar-refractivity contribution in [1.82, 2.24) is 10.6 Å². The van der Waals surface area contributed by atoms with Gasteiger partial charge in [-0.3, -0.25) is 0 Å². The van der Waals surface area contributed by atoms with Gasteiger partial charge in [0.25, 0.3) is 0 Å². The van der Waals surface area contributed by atoms with Gasteiger partial charge in [0.15, 0.2) is 0 Å². The summed E-state index contributed by atoms with van der Waals surface area (Å²) in [6.45, 7) is 2.50. The molecule has 0 aromatic carbocycles. The second-order valence-electron chi connectivity index (χ2n) is 1.60. The van der Waals surface area contributed by atoms with E-state index in [1.54, 1.807) is 0 Å². The van der Waals surface area contributed by atoms with E-state index in [-0.39, 0.29) is 24.8 Å². The second kappa shape index (κ2) is 15.8. The molecule has 1 heterocycles. The topological polar surface area (TPSA) is 24.1 Å². The zero-order valence-corrected chi connectivity index (χ0v) is 7.57. The van der Waals surface area contributed by atoms with Crippen molar-refractivity contribution >= 4 is 24.8 Å². The van der Waals surface area contributed by atoms with Crippen LogP contribution in [0, 0.1) is 0 Å². The summed E-state index contributed by atoms with van der Waals surface area (Å²) in [5, 5.41) is 5.86. The number of halogens is 2. The minimum atomic E-state index is 0. The minimum absolute atomic E-state index is 0. The summed E-state index contributed by atoms with van der Waals surface area (Å²) >= 11 is 0. The van der Waals surface area contributed by atoms with Crippen LogP contribution in [-0.4, -0.2) is 27.2 Å². The zero-order valence-electron chi connectivity index (χ0n) is 5.94. The van der Waals surface area contributed by atoms with Crippen LogP contribution in [0.3, 0.4) is 0 Å². The molecule has 0 bridgehead atoms. The van der Waals surface area contributed by atoms with E-state index >= 15 is 0 Å². The number of nitrogens with one attached hydrogen (secondary N) is 2. The normalized spacial score (nSPS) is 12.7. The largest absolute Gasteiger partial charge is 0.323 e. The van der Waals surface area contributed by atoms with Crippen LogP contribution in [0.4, 0.5) is 0 Å². The maximum atomic E-state index is 3.11. The molecule has 4 heteroatoms. The summed E-state index contributed by atoms with van der Waals surface area (Å²) in [5.41, 5.74) is 0. The van der Waals surface area contributed by atoms with E-state index in [0.29, 0.717) is 0 Å². The Balaban J connectivity index is -0.0000000680. The highest BCUT2D eigenvalue weighted by molar-refractivity contribution is 5.85. The van der Waals surface area contributed by atoms with Crippen molar-refractivity contribution in [2.45, 2.75) is 6.42 Å². The van der Waals surface area contributed by atoms with Crippen molar-refractivity contribution in [3.8, 4) is 0 Å². The quantitative estimate of drug-likeness (QED) is 0.565. The van der Waals surface area contributed by atoms with E-state index < -0.39 is 0 Å². The van der Waals surface area contributed by atoms with Crippen LogP contribution in [0.1, 0.15) is 6.42 Å². The zero-order chi connectivity index (χ0) is 5.54. The molecule has 2 N–H and O–H groups in total. The van der Waals surface area contributed by atoms with Gasteiger partial charge < -0.3 is 10.6 Å². The van der Waals surface area contributed by atoms with Crippen LogP contribution in [0.25, 0.3) is 0 Å². The molecule has 1 saturated heterocycles. The van der Waals surface area contributed by atoms with Crippen molar-refractivity contribution in [3.05, 3.63) is 0 Å². The van der Waals surface area contributed by atoms with E-state index in [1.807, 2.05) is 14.1 Å². The fourth-order valence-electron chi connectivity index (χ4n) is 0.177. The summed E-state index contributed by atoms with van der Waals surface area (Å²) in [7, 11) is 3.75. The van der Waals surface area contributed by atoms with Crippen LogP contribution < -0.4 is 10.6 Å². The number of hydrogen-bond donors (Lipinski definition) is 2. The van der Waals surface area contributed by atoms with Crippen molar-refractivity contribution in [2.75, 3.05) is 27.2 Å². The van der Waals surface area contributed by atoms with Crippen LogP contribution in [0.15, 0.2) is 0 Å². The van der Waals surface area contributed by atoms with Crippen molar-refractivity contribution in [1.29, 1.82) is 0 Å². The lowest BCUT2D eigenvalue weighted by Crippen LogP contribution is -2.29. The summed E-state index contributed by atoms with van der Waals surface area (Å²) in [6, 6.07) is 0. The SMILES string of the molecule is C1CNC1.CNC.Cl.Cl. The molecule has 0 amide bonds. The summed E-state index contributed by atoms with van der Waals surface area (Å²) < 4.78 is 0. The lowest BCUT2D eigenvalue weighted by molar-refractivity contribution is 0.527. The molecule has 0 aromatic heterocycles. The Morgan fingerprint density at radius 1 is 1.11 bits per heavy atom. The second-order valence-corrected chi connectivity index (χ2v) is 1.60. The van der Waals surface area contributed by atoms with Crippen LogP contribution in [0.2, 0.25) is 0 Å². The molecule has 9 heavy (non-hydrogen) atoms. The standard InChI is InChI=1S/C3H7N.C2H7N.2ClH/c1-2-4-3-1;1-3-2;;/h4H,1-3H2;3H,1-2H3;2*1H. The Morgan fingerprint density at radius 2 is 1.22 bits per heavy atom. The molecular formula is C5H16Cl2N2. The molecule has 2 nitrogen and oxygen atoms in total. The van der Waals surface area contributed by atoms with Gasteiger partial charge in [-0.1, -0.05) is 0 Å². The predicted octanol–water partition coefficient (Wildman–Crippen LogP) is 0.659. The van der Waals surface area contributed by atoms with Gasteiger partial charge in [0.05, 0.1) is 0 Å². The average molecular weight is 175 g/mol. The highest BCUT2D eigenvalue weighted by Crippen LogP contribution is 1.80. The van der Waals surface area contributed by atoms with Gasteiger partial charge in [-0.15, -0.1) is 24.8 Å². The smallest absolute Gasteiger partial charge is 0.00368 e. The van der Waals surface area contributed by atoms with Crippen molar-refractivity contribution < 1.29 is 0 Å². The molecule has 0 spiro atoms. The van der Waals surface area contributed by atoms with E-state index in [1.165, 1.54) is 19.5 Å². The predicted molar refractivity (Wildman–Crippen MR) is 47.0 cm³/mol. The molecule has 1 rings (SSSR count). The van der Waals surface area contributed by atoms with E-state index in [4.69, 9.17) is 0 Å². The first kappa shape index (κ1) is 16.2. The van der Waals surface area contributed by atoms with Crippen molar-refractivity contribution in [3.63, 3.8) is 0 Å². The van der Waals surface area contributed by atoms with Crippen LogP contribution in [0.5, 0.6) is 0 Å². The third-order valence-corrected chi connectivity index (χ3v) is 0.707. The van der Waals surface area contributed by atoms with Crippen LogP contribution in [-0.2, 0) is 0 Å². The van der Waals surface area contributed by atoms with E-state index in [9.17, 15) is 0 Å². The Morgan fingerprint density at radius 3 is 1.22 bits per heavy atom. The third-order valence-electron chi connectivity index (χ3n) is 0.707. The molecule has 1 aliphatic rings. The van der Waals surface area contributed by atoms with Gasteiger partial charge >= 0.3 is 0 Å². The molecule has 60 valence electrons. The fraction of sp³-hybridized carbons (Fsp3) is 1.00. The molecular weight excluding hydrogens is 159 g/mol. The van der Waals surface area contributed by atoms with Gasteiger partial charge in [0.1, 0.15) is 0 Å². The fourth-order valence-corrected chi connectivity index (χ4v) is 0.177. The van der Waals surface area contributed by atoms with E-state index in [0.717, 1.165) is 0 Å². The van der Waals surface area contributed by atoms with Crippen molar-refractivity contribution in [2.24, 2.45) is 0 Å². The maximum Gasteiger partial charge on any atom is -0.00368 e. The first-order valence-corrected chi connectivity index (χ1v) is 2.71. The van der Waals surface area contributed by atoms with Gasteiger partial charge in [0, 0.05) is 0 Å². The number of rotatable bonds is 0. The molecule has 0 saturated carbocycles. The lowest BCUT2D eigenvalue weighted by atomic mass is 10.3. The maximum absolute atomic E-state index is 3.11.